The quantitative estimate of drug-likeness (QED) is 0.766. The normalized spacial score (nSPS) is 10.2. The predicted octanol–water partition coefficient (Wildman–Crippen LogP) is 2.04. The van der Waals surface area contributed by atoms with E-state index in [9.17, 15) is 4.79 Å². The molecule has 0 aliphatic rings. The standard InChI is InChI=1S/C13H15N3O3/c1-8-10(7-15-16-8)6-14-11-5-9(13(17)18)3-4-12(11)19-2/h3-5,7,14H,6H2,1-2H3,(H,15,16)(H,17,18). The molecule has 0 bridgehead atoms. The summed E-state index contributed by atoms with van der Waals surface area (Å²) in [6.45, 7) is 2.47. The van der Waals surface area contributed by atoms with E-state index in [0.717, 1.165) is 11.3 Å². The molecule has 0 saturated carbocycles. The van der Waals surface area contributed by atoms with Crippen LogP contribution in [0.1, 0.15) is 21.6 Å². The molecular formula is C13H15N3O3. The summed E-state index contributed by atoms with van der Waals surface area (Å²) in [5, 5.41) is 18.9. The van der Waals surface area contributed by atoms with Crippen LogP contribution in [0.4, 0.5) is 5.69 Å². The molecule has 6 nitrogen and oxygen atoms in total. The molecule has 1 aromatic carbocycles. The van der Waals surface area contributed by atoms with Crippen molar-refractivity contribution in [1.82, 2.24) is 10.2 Å². The van der Waals surface area contributed by atoms with Crippen LogP contribution in [0.25, 0.3) is 0 Å². The maximum Gasteiger partial charge on any atom is 0.335 e. The summed E-state index contributed by atoms with van der Waals surface area (Å²) in [4.78, 5) is 11.0. The maximum absolute atomic E-state index is 11.0. The number of aryl methyl sites for hydroxylation is 1. The van der Waals surface area contributed by atoms with Crippen molar-refractivity contribution in [2.75, 3.05) is 12.4 Å². The number of carboxylic acids is 1. The fourth-order valence-corrected chi connectivity index (χ4v) is 1.72. The van der Waals surface area contributed by atoms with Crippen molar-refractivity contribution in [2.45, 2.75) is 13.5 Å². The van der Waals surface area contributed by atoms with Crippen molar-refractivity contribution in [3.05, 3.63) is 41.2 Å². The minimum Gasteiger partial charge on any atom is -0.495 e. The molecule has 0 aliphatic heterocycles. The summed E-state index contributed by atoms with van der Waals surface area (Å²) in [5.41, 5.74) is 2.85. The SMILES string of the molecule is COc1ccc(C(=O)O)cc1NCc1cn[nH]c1C. The number of anilines is 1. The van der Waals surface area contributed by atoms with Crippen molar-refractivity contribution in [1.29, 1.82) is 0 Å². The molecule has 0 unspecified atom stereocenters. The van der Waals surface area contributed by atoms with Crippen LogP contribution in [0.3, 0.4) is 0 Å². The molecule has 19 heavy (non-hydrogen) atoms. The highest BCUT2D eigenvalue weighted by molar-refractivity contribution is 5.89. The first-order valence-corrected chi connectivity index (χ1v) is 5.76. The summed E-state index contributed by atoms with van der Waals surface area (Å²) in [6, 6.07) is 4.69. The summed E-state index contributed by atoms with van der Waals surface area (Å²) >= 11 is 0. The molecule has 0 radical (unpaired) electrons. The Morgan fingerprint density at radius 1 is 1.53 bits per heavy atom. The second kappa shape index (κ2) is 5.43. The molecule has 1 aromatic heterocycles. The number of hydrogen-bond donors (Lipinski definition) is 3. The van der Waals surface area contributed by atoms with Crippen molar-refractivity contribution in [3.63, 3.8) is 0 Å². The molecule has 6 heteroatoms. The fourth-order valence-electron chi connectivity index (χ4n) is 1.72. The summed E-state index contributed by atoms with van der Waals surface area (Å²) < 4.78 is 5.20. The number of carbonyl (C=O) groups is 1. The third-order valence-electron chi connectivity index (χ3n) is 2.85. The van der Waals surface area contributed by atoms with Crippen LogP contribution in [-0.4, -0.2) is 28.4 Å². The highest BCUT2D eigenvalue weighted by Crippen LogP contribution is 2.26. The van der Waals surface area contributed by atoms with E-state index in [-0.39, 0.29) is 5.56 Å². The van der Waals surface area contributed by atoms with Crippen LogP contribution >= 0.6 is 0 Å². The van der Waals surface area contributed by atoms with Crippen LogP contribution < -0.4 is 10.1 Å². The Balaban J connectivity index is 2.20. The minimum absolute atomic E-state index is 0.215. The van der Waals surface area contributed by atoms with E-state index in [1.54, 1.807) is 25.4 Å². The monoisotopic (exact) mass is 261 g/mol. The van der Waals surface area contributed by atoms with Crippen molar-refractivity contribution < 1.29 is 14.6 Å². The second-order valence-corrected chi connectivity index (χ2v) is 4.09. The third-order valence-corrected chi connectivity index (χ3v) is 2.85. The smallest absolute Gasteiger partial charge is 0.335 e. The Morgan fingerprint density at radius 3 is 2.89 bits per heavy atom. The number of carboxylic acid groups (broad SMARTS) is 1. The Labute approximate surface area is 110 Å². The van der Waals surface area contributed by atoms with Gasteiger partial charge in [-0.25, -0.2) is 4.79 Å². The van der Waals surface area contributed by atoms with Gasteiger partial charge < -0.3 is 15.2 Å². The Bertz CT molecular complexity index is 593. The summed E-state index contributed by atoms with van der Waals surface area (Å²) in [5.74, 6) is -0.364. The van der Waals surface area contributed by atoms with Gasteiger partial charge in [-0.05, 0) is 25.1 Å². The molecule has 2 rings (SSSR count). The number of ether oxygens (including phenoxy) is 1. The molecule has 3 N–H and O–H groups in total. The van der Waals surface area contributed by atoms with Crippen molar-refractivity contribution in [3.8, 4) is 5.75 Å². The first kappa shape index (κ1) is 12.9. The molecule has 0 aliphatic carbocycles. The lowest BCUT2D eigenvalue weighted by Crippen LogP contribution is -2.04. The summed E-state index contributed by atoms with van der Waals surface area (Å²) in [6.07, 6.45) is 1.73. The van der Waals surface area contributed by atoms with Gasteiger partial charge in [0.2, 0.25) is 0 Å². The molecule has 2 aromatic rings. The first-order valence-electron chi connectivity index (χ1n) is 5.76. The van der Waals surface area contributed by atoms with E-state index >= 15 is 0 Å². The molecule has 0 fully saturated rings. The van der Waals surface area contributed by atoms with Crippen LogP contribution in [0.2, 0.25) is 0 Å². The van der Waals surface area contributed by atoms with Gasteiger partial charge in [-0.3, -0.25) is 5.10 Å². The molecule has 1 heterocycles. The van der Waals surface area contributed by atoms with Crippen LogP contribution in [-0.2, 0) is 6.54 Å². The number of benzene rings is 1. The molecular weight excluding hydrogens is 246 g/mol. The van der Waals surface area contributed by atoms with Gasteiger partial charge in [0.05, 0.1) is 24.6 Å². The predicted molar refractivity (Wildman–Crippen MR) is 70.6 cm³/mol. The lowest BCUT2D eigenvalue weighted by Gasteiger charge is -2.11. The van der Waals surface area contributed by atoms with Crippen LogP contribution in [0, 0.1) is 6.92 Å². The number of H-pyrrole nitrogens is 1. The van der Waals surface area contributed by atoms with Gasteiger partial charge in [-0.15, -0.1) is 0 Å². The number of methoxy groups -OCH3 is 1. The van der Waals surface area contributed by atoms with Gasteiger partial charge in [0.15, 0.2) is 0 Å². The average molecular weight is 261 g/mol. The number of hydrogen-bond acceptors (Lipinski definition) is 4. The van der Waals surface area contributed by atoms with Crippen LogP contribution in [0.15, 0.2) is 24.4 Å². The molecule has 100 valence electrons. The number of rotatable bonds is 5. The molecule has 0 spiro atoms. The zero-order valence-electron chi connectivity index (χ0n) is 10.7. The van der Waals surface area contributed by atoms with Gasteiger partial charge in [-0.2, -0.15) is 5.10 Å². The number of nitrogens with one attached hydrogen (secondary N) is 2. The van der Waals surface area contributed by atoms with Crippen LogP contribution in [0.5, 0.6) is 5.75 Å². The third kappa shape index (κ3) is 2.85. The lowest BCUT2D eigenvalue weighted by molar-refractivity contribution is 0.0697. The van der Waals surface area contributed by atoms with E-state index in [1.807, 2.05) is 6.92 Å². The number of aromatic carboxylic acids is 1. The minimum atomic E-state index is -0.967. The topological polar surface area (TPSA) is 87.2 Å². The number of aromatic amines is 1. The van der Waals surface area contributed by atoms with Gasteiger partial charge in [0, 0.05) is 17.8 Å². The maximum atomic E-state index is 11.0. The fraction of sp³-hybridized carbons (Fsp3) is 0.231. The Kier molecular flexibility index (Phi) is 3.70. The Morgan fingerprint density at radius 2 is 2.32 bits per heavy atom. The van der Waals surface area contributed by atoms with Gasteiger partial charge >= 0.3 is 5.97 Å². The summed E-state index contributed by atoms with van der Waals surface area (Å²) in [7, 11) is 1.55. The second-order valence-electron chi connectivity index (χ2n) is 4.09. The average Bonchev–Trinajstić information content (AvgIpc) is 2.81. The molecule has 0 saturated heterocycles. The lowest BCUT2D eigenvalue weighted by atomic mass is 10.1. The Hall–Kier alpha value is -2.50. The highest BCUT2D eigenvalue weighted by atomic mass is 16.5. The first-order chi connectivity index (χ1) is 9.11. The van der Waals surface area contributed by atoms with Gasteiger partial charge in [0.25, 0.3) is 0 Å². The number of nitrogens with zero attached hydrogens (tertiary/aromatic N) is 1. The van der Waals surface area contributed by atoms with Crippen molar-refractivity contribution in [2.24, 2.45) is 0 Å². The highest BCUT2D eigenvalue weighted by Gasteiger charge is 2.09. The van der Waals surface area contributed by atoms with E-state index in [0.29, 0.717) is 18.0 Å². The van der Waals surface area contributed by atoms with E-state index in [4.69, 9.17) is 9.84 Å². The molecule has 0 atom stereocenters. The van der Waals surface area contributed by atoms with E-state index < -0.39 is 5.97 Å². The van der Waals surface area contributed by atoms with Gasteiger partial charge in [-0.1, -0.05) is 0 Å². The molecule has 0 amide bonds. The zero-order valence-corrected chi connectivity index (χ0v) is 10.7. The largest absolute Gasteiger partial charge is 0.495 e. The van der Waals surface area contributed by atoms with Crippen molar-refractivity contribution >= 4 is 11.7 Å². The van der Waals surface area contributed by atoms with Gasteiger partial charge in [0.1, 0.15) is 5.75 Å². The van der Waals surface area contributed by atoms with E-state index in [1.165, 1.54) is 6.07 Å². The zero-order chi connectivity index (χ0) is 13.8. The number of aromatic nitrogens is 2. The van der Waals surface area contributed by atoms with E-state index in [2.05, 4.69) is 15.5 Å².